The summed E-state index contributed by atoms with van der Waals surface area (Å²) in [5, 5.41) is 2.88. The summed E-state index contributed by atoms with van der Waals surface area (Å²) in [7, 11) is -1.89. The molecule has 7 heteroatoms. The molecule has 0 saturated carbocycles. The molecule has 0 amide bonds. The minimum Gasteiger partial charge on any atom is -0.386 e. The normalized spacial score (nSPS) is 17.3. The van der Waals surface area contributed by atoms with Gasteiger partial charge in [0.15, 0.2) is 5.03 Å². The van der Waals surface area contributed by atoms with E-state index in [-0.39, 0.29) is 5.03 Å². The van der Waals surface area contributed by atoms with Gasteiger partial charge in [-0.1, -0.05) is 0 Å². The van der Waals surface area contributed by atoms with Crippen LogP contribution in [0.25, 0.3) is 0 Å². The van der Waals surface area contributed by atoms with Crippen molar-refractivity contribution < 1.29 is 13.2 Å². The number of aromatic nitrogens is 1. The van der Waals surface area contributed by atoms with Gasteiger partial charge in [0, 0.05) is 33.0 Å². The quantitative estimate of drug-likeness (QED) is 0.837. The van der Waals surface area contributed by atoms with Gasteiger partial charge in [-0.25, -0.2) is 18.1 Å². The molecule has 0 aromatic carbocycles. The predicted octanol–water partition coefficient (Wildman–Crippen LogP) is 0.828. The first-order chi connectivity index (χ1) is 9.13. The van der Waals surface area contributed by atoms with Gasteiger partial charge >= 0.3 is 0 Å². The molecule has 0 spiro atoms. The number of nitrogens with zero attached hydrogens (tertiary/aromatic N) is 1. The molecule has 2 heterocycles. The van der Waals surface area contributed by atoms with Crippen molar-refractivity contribution in [3.63, 3.8) is 0 Å². The molecule has 0 unspecified atom stereocenters. The zero-order chi connectivity index (χ0) is 13.7. The smallest absolute Gasteiger partial charge is 0.260 e. The fraction of sp³-hybridized carbons (Fsp3) is 0.583. The molecule has 0 bridgehead atoms. The molecule has 1 aromatic heterocycles. The van der Waals surface area contributed by atoms with E-state index in [4.69, 9.17) is 4.74 Å². The average molecular weight is 285 g/mol. The highest BCUT2D eigenvalue weighted by Crippen LogP contribution is 2.18. The first kappa shape index (κ1) is 14.2. The standard InChI is InChI=1S/C12H19N3O3S/c1-13-11-3-2-6-14-12(11)19(16,17)15-9-10-4-7-18-8-5-10/h2-3,6,10,13,15H,4-5,7-9H2,1H3. The lowest BCUT2D eigenvalue weighted by molar-refractivity contribution is 0.0678. The van der Waals surface area contributed by atoms with Crippen molar-refractivity contribution in [1.29, 1.82) is 0 Å². The Balaban J connectivity index is 2.05. The second-order valence-electron chi connectivity index (χ2n) is 4.51. The number of hydrogen-bond acceptors (Lipinski definition) is 5. The van der Waals surface area contributed by atoms with Gasteiger partial charge in [-0.15, -0.1) is 0 Å². The maximum Gasteiger partial charge on any atom is 0.260 e. The van der Waals surface area contributed by atoms with Gasteiger partial charge < -0.3 is 10.1 Å². The first-order valence-corrected chi connectivity index (χ1v) is 7.82. The van der Waals surface area contributed by atoms with Crippen LogP contribution < -0.4 is 10.0 Å². The number of anilines is 1. The summed E-state index contributed by atoms with van der Waals surface area (Å²) in [5.41, 5.74) is 0.502. The minimum absolute atomic E-state index is 0.0459. The molecular formula is C12H19N3O3S. The Kier molecular flexibility index (Phi) is 4.73. The molecule has 106 valence electrons. The largest absolute Gasteiger partial charge is 0.386 e. The fourth-order valence-corrected chi connectivity index (χ4v) is 3.29. The lowest BCUT2D eigenvalue weighted by Crippen LogP contribution is -2.33. The van der Waals surface area contributed by atoms with E-state index in [0.29, 0.717) is 31.4 Å². The summed E-state index contributed by atoms with van der Waals surface area (Å²) in [6.45, 7) is 1.85. The third-order valence-corrected chi connectivity index (χ3v) is 4.58. The van der Waals surface area contributed by atoms with Crippen molar-refractivity contribution in [2.75, 3.05) is 32.1 Å². The van der Waals surface area contributed by atoms with E-state index < -0.39 is 10.0 Å². The van der Waals surface area contributed by atoms with Crippen LogP contribution in [0, 0.1) is 5.92 Å². The maximum absolute atomic E-state index is 12.2. The second-order valence-corrected chi connectivity index (χ2v) is 6.20. The third kappa shape index (κ3) is 3.65. The van der Waals surface area contributed by atoms with Crippen molar-refractivity contribution >= 4 is 15.7 Å². The van der Waals surface area contributed by atoms with Crippen LogP contribution >= 0.6 is 0 Å². The molecule has 1 saturated heterocycles. The Labute approximate surface area is 113 Å². The highest BCUT2D eigenvalue weighted by atomic mass is 32.2. The molecule has 19 heavy (non-hydrogen) atoms. The molecule has 6 nitrogen and oxygen atoms in total. The molecule has 1 aliphatic heterocycles. The maximum atomic E-state index is 12.2. The molecule has 1 aliphatic rings. The number of nitrogens with one attached hydrogen (secondary N) is 2. The van der Waals surface area contributed by atoms with Crippen molar-refractivity contribution in [3.8, 4) is 0 Å². The SMILES string of the molecule is CNc1cccnc1S(=O)(=O)NCC1CCOCC1. The van der Waals surface area contributed by atoms with Crippen molar-refractivity contribution in [2.45, 2.75) is 17.9 Å². The number of ether oxygens (including phenoxy) is 1. The van der Waals surface area contributed by atoms with Gasteiger partial charge in [0.05, 0.1) is 5.69 Å². The van der Waals surface area contributed by atoms with E-state index in [1.807, 2.05) is 0 Å². The Hall–Kier alpha value is -1.18. The summed E-state index contributed by atoms with van der Waals surface area (Å²) < 4.78 is 32.3. The minimum atomic E-state index is -3.57. The molecular weight excluding hydrogens is 266 g/mol. The Morgan fingerprint density at radius 1 is 1.42 bits per heavy atom. The van der Waals surface area contributed by atoms with Crippen molar-refractivity contribution in [1.82, 2.24) is 9.71 Å². The van der Waals surface area contributed by atoms with E-state index in [1.54, 1.807) is 19.2 Å². The number of pyridine rings is 1. The number of sulfonamides is 1. The van der Waals surface area contributed by atoms with Crippen LogP contribution in [0.5, 0.6) is 0 Å². The molecule has 0 radical (unpaired) electrons. The van der Waals surface area contributed by atoms with Crippen LogP contribution in [0.15, 0.2) is 23.4 Å². The summed E-state index contributed by atoms with van der Waals surface area (Å²) in [4.78, 5) is 3.95. The fourth-order valence-electron chi connectivity index (χ4n) is 2.04. The summed E-state index contributed by atoms with van der Waals surface area (Å²) in [6, 6.07) is 3.39. The topological polar surface area (TPSA) is 80.3 Å². The number of rotatable bonds is 5. The zero-order valence-corrected chi connectivity index (χ0v) is 11.7. The lowest BCUT2D eigenvalue weighted by atomic mass is 10.0. The van der Waals surface area contributed by atoms with Crippen LogP contribution in [-0.2, 0) is 14.8 Å². The van der Waals surface area contributed by atoms with Crippen LogP contribution in [0.1, 0.15) is 12.8 Å². The van der Waals surface area contributed by atoms with Gasteiger partial charge in [0.1, 0.15) is 0 Å². The second kappa shape index (κ2) is 6.31. The highest BCUT2D eigenvalue weighted by molar-refractivity contribution is 7.89. The molecule has 0 aliphatic carbocycles. The van der Waals surface area contributed by atoms with Crippen LogP contribution in [0.4, 0.5) is 5.69 Å². The van der Waals surface area contributed by atoms with Crippen LogP contribution in [0.3, 0.4) is 0 Å². The number of hydrogen-bond donors (Lipinski definition) is 2. The van der Waals surface area contributed by atoms with Gasteiger partial charge in [-0.2, -0.15) is 0 Å². The molecule has 0 atom stereocenters. The van der Waals surface area contributed by atoms with Crippen LogP contribution in [0.2, 0.25) is 0 Å². The molecule has 1 fully saturated rings. The van der Waals surface area contributed by atoms with Gasteiger partial charge in [0.25, 0.3) is 10.0 Å². The van der Waals surface area contributed by atoms with E-state index in [1.165, 1.54) is 6.20 Å². The van der Waals surface area contributed by atoms with Crippen molar-refractivity contribution in [2.24, 2.45) is 5.92 Å². The Morgan fingerprint density at radius 3 is 2.84 bits per heavy atom. The Bertz CT molecular complexity index is 513. The van der Waals surface area contributed by atoms with E-state index in [2.05, 4.69) is 15.0 Å². The van der Waals surface area contributed by atoms with Crippen LogP contribution in [-0.4, -0.2) is 40.2 Å². The summed E-state index contributed by atoms with van der Waals surface area (Å²) >= 11 is 0. The molecule has 2 rings (SSSR count). The summed E-state index contributed by atoms with van der Waals surface area (Å²) in [6.07, 6.45) is 3.26. The van der Waals surface area contributed by atoms with Gasteiger partial charge in [-0.3, -0.25) is 0 Å². The third-order valence-electron chi connectivity index (χ3n) is 3.20. The van der Waals surface area contributed by atoms with E-state index in [0.717, 1.165) is 12.8 Å². The lowest BCUT2D eigenvalue weighted by Gasteiger charge is -2.22. The Morgan fingerprint density at radius 2 is 2.16 bits per heavy atom. The van der Waals surface area contributed by atoms with Gasteiger partial charge in [-0.05, 0) is 30.9 Å². The summed E-state index contributed by atoms with van der Waals surface area (Å²) in [5.74, 6) is 0.338. The predicted molar refractivity (Wildman–Crippen MR) is 72.5 cm³/mol. The van der Waals surface area contributed by atoms with Gasteiger partial charge in [0.2, 0.25) is 0 Å². The first-order valence-electron chi connectivity index (χ1n) is 6.33. The highest BCUT2D eigenvalue weighted by Gasteiger charge is 2.22. The average Bonchev–Trinajstić information content (AvgIpc) is 2.46. The van der Waals surface area contributed by atoms with E-state index >= 15 is 0 Å². The van der Waals surface area contributed by atoms with Crippen molar-refractivity contribution in [3.05, 3.63) is 18.3 Å². The monoisotopic (exact) mass is 285 g/mol. The molecule has 2 N–H and O–H groups in total. The zero-order valence-electron chi connectivity index (χ0n) is 10.9. The molecule has 1 aromatic rings. The van der Waals surface area contributed by atoms with E-state index in [9.17, 15) is 8.42 Å².